The summed E-state index contributed by atoms with van der Waals surface area (Å²) in [6.07, 6.45) is 0. The van der Waals surface area contributed by atoms with E-state index in [2.05, 4.69) is 246 Å². The Morgan fingerprint density at radius 1 is 0.245 bits per heavy atom. The first kappa shape index (κ1) is 53.9. The first-order chi connectivity index (χ1) is 47.9. The van der Waals surface area contributed by atoms with E-state index in [-0.39, 0.29) is 21.9 Å². The molecule has 14 aromatic carbocycles. The van der Waals surface area contributed by atoms with Crippen molar-refractivity contribution in [2.24, 2.45) is 0 Å². The minimum atomic E-state index is -0.202. The van der Waals surface area contributed by atoms with Crippen LogP contribution in [0.5, 0.6) is 0 Å². The van der Waals surface area contributed by atoms with Crippen molar-refractivity contribution in [1.82, 2.24) is 8.80 Å². The van der Waals surface area contributed by atoms with Crippen LogP contribution in [0.4, 0.5) is 0 Å². The SMILES string of the molecule is CC1(C)c2ccccc2-c2ccc(-c3ccc4c(c3)c3cc(-c5ccc6c(c5)C(C)(C)c5ccccc5-6)cc5c6cc(-c7cc(-c8cc9c%10ccccc%10c(=O)n%10c%11ccc(-c%12cccc%13c%12oc%12ccccc%12%13)cc%11c(c8)c9%10)c8oc9ccccc9c8c7)ccc6c(=O)n4c53)cc21. The highest BCUT2D eigenvalue weighted by molar-refractivity contribution is 6.25. The van der Waals surface area contributed by atoms with Crippen molar-refractivity contribution < 1.29 is 8.83 Å². The average Bonchev–Trinajstić information content (AvgIpc) is 1.50. The van der Waals surface area contributed by atoms with Gasteiger partial charge in [-0.2, -0.15) is 0 Å². The van der Waals surface area contributed by atoms with Gasteiger partial charge in [-0.3, -0.25) is 18.4 Å². The lowest BCUT2D eigenvalue weighted by Gasteiger charge is -2.22. The van der Waals surface area contributed by atoms with E-state index in [0.717, 1.165) is 165 Å². The molecule has 0 saturated heterocycles. The number of aromatic nitrogens is 2. The maximum atomic E-state index is 15.8. The summed E-state index contributed by atoms with van der Waals surface area (Å²) in [4.78, 5) is 30.7. The van der Waals surface area contributed by atoms with Gasteiger partial charge in [0.15, 0.2) is 0 Å². The Morgan fingerprint density at radius 2 is 0.633 bits per heavy atom. The molecule has 20 aromatic rings. The van der Waals surface area contributed by atoms with E-state index in [1.165, 1.54) is 44.5 Å². The summed E-state index contributed by atoms with van der Waals surface area (Å²) in [7, 11) is 0. The predicted molar refractivity (Wildman–Crippen MR) is 405 cm³/mol. The summed E-state index contributed by atoms with van der Waals surface area (Å²) >= 11 is 0. The van der Waals surface area contributed by atoms with E-state index in [9.17, 15) is 4.79 Å². The molecule has 6 heteroatoms. The van der Waals surface area contributed by atoms with Gasteiger partial charge in [0.05, 0.1) is 22.1 Å². The van der Waals surface area contributed by atoms with Gasteiger partial charge in [-0.1, -0.05) is 191 Å². The molecular weight excluding hydrogens is 1200 g/mol. The summed E-state index contributed by atoms with van der Waals surface area (Å²) in [6.45, 7) is 9.36. The molecule has 22 rings (SSSR count). The Kier molecular flexibility index (Phi) is 10.3. The number of nitrogens with zero attached hydrogens (tertiary/aromatic N) is 2. The van der Waals surface area contributed by atoms with Gasteiger partial charge in [0.1, 0.15) is 22.3 Å². The quantitative estimate of drug-likeness (QED) is 0.161. The smallest absolute Gasteiger partial charge is 0.263 e. The van der Waals surface area contributed by atoms with Gasteiger partial charge in [0.2, 0.25) is 0 Å². The van der Waals surface area contributed by atoms with E-state index in [4.69, 9.17) is 8.83 Å². The van der Waals surface area contributed by atoms with E-state index < -0.39 is 0 Å². The van der Waals surface area contributed by atoms with Crippen LogP contribution in [0, 0.1) is 0 Å². The Bertz CT molecular complexity index is 7170. The predicted octanol–water partition coefficient (Wildman–Crippen LogP) is 23.5. The molecule has 0 spiro atoms. The van der Waals surface area contributed by atoms with Crippen LogP contribution in [0.15, 0.2) is 285 Å². The van der Waals surface area contributed by atoms with Gasteiger partial charge in [-0.15, -0.1) is 0 Å². The molecule has 458 valence electrons. The molecule has 0 aliphatic heterocycles. The number of pyridine rings is 2. The lowest BCUT2D eigenvalue weighted by Crippen LogP contribution is -2.14. The third-order valence-electron chi connectivity index (χ3n) is 22.8. The second-order valence-electron chi connectivity index (χ2n) is 28.5. The average molecular weight is 1250 g/mol. The number of benzene rings is 14. The lowest BCUT2D eigenvalue weighted by atomic mass is 9.81. The fourth-order valence-electron chi connectivity index (χ4n) is 18.0. The lowest BCUT2D eigenvalue weighted by molar-refractivity contribution is 0.660. The van der Waals surface area contributed by atoms with Crippen molar-refractivity contribution in [3.63, 3.8) is 0 Å². The monoisotopic (exact) mass is 1250 g/mol. The van der Waals surface area contributed by atoms with Crippen LogP contribution in [0.2, 0.25) is 0 Å². The second kappa shape index (κ2) is 18.8. The number of para-hydroxylation sites is 3. The van der Waals surface area contributed by atoms with Crippen molar-refractivity contribution in [2.45, 2.75) is 38.5 Å². The van der Waals surface area contributed by atoms with Crippen LogP contribution in [-0.4, -0.2) is 8.80 Å². The summed E-state index contributed by atoms with van der Waals surface area (Å²) in [5, 5.41) is 13.1. The third-order valence-corrected chi connectivity index (χ3v) is 22.8. The number of fused-ring (bicyclic) bond motifs is 22. The minimum absolute atomic E-state index is 0.0526. The van der Waals surface area contributed by atoms with Gasteiger partial charge in [0.25, 0.3) is 11.1 Å². The van der Waals surface area contributed by atoms with Crippen molar-refractivity contribution in [2.75, 3.05) is 0 Å². The standard InChI is InChI=1S/C92H56N2O4/c1-91(2)77-24-11-7-17-59(77)61-33-28-51(47-79(61)91)49-31-36-81-70(39-49)74-43-55(52-29-34-62-60-18-8-12-25-78(60)92(3,4)80(62)48-52)42-73-69-38-50(30-35-67(69)90(96)94(81)86(73)74)54-41-68(88-76(44-54)64-20-10-14-27-84(64)98-88)56-45-72-58-16-5-6-21-66(58)89(95)93-82-37-32-53(40-71(82)75(46-56)85(72)93)57-22-15-23-65-63-19-9-13-26-83(63)97-87(57)65/h5-48H,1-4H3. The van der Waals surface area contributed by atoms with E-state index in [1.54, 1.807) is 0 Å². The zero-order chi connectivity index (χ0) is 64.9. The zero-order valence-electron chi connectivity index (χ0n) is 53.9. The molecule has 6 aromatic heterocycles. The first-order valence-corrected chi connectivity index (χ1v) is 33.9. The van der Waals surface area contributed by atoms with Crippen LogP contribution in [0.25, 0.3) is 198 Å². The molecule has 2 aliphatic carbocycles. The van der Waals surface area contributed by atoms with Gasteiger partial charge < -0.3 is 8.83 Å². The number of hydrogen-bond acceptors (Lipinski definition) is 4. The zero-order valence-corrected chi connectivity index (χ0v) is 53.9. The molecule has 0 atom stereocenters. The van der Waals surface area contributed by atoms with Crippen molar-refractivity contribution >= 4 is 120 Å². The number of rotatable bonds is 5. The highest BCUT2D eigenvalue weighted by Gasteiger charge is 2.37. The molecule has 0 radical (unpaired) electrons. The number of hydrogen-bond donors (Lipinski definition) is 0. The maximum absolute atomic E-state index is 15.8. The molecule has 0 unspecified atom stereocenters. The maximum Gasteiger partial charge on any atom is 0.263 e. The largest absolute Gasteiger partial charge is 0.455 e. The van der Waals surface area contributed by atoms with Crippen LogP contribution >= 0.6 is 0 Å². The topological polar surface area (TPSA) is 69.2 Å². The minimum Gasteiger partial charge on any atom is -0.455 e. The Labute approximate surface area is 560 Å². The third kappa shape index (κ3) is 7.00. The van der Waals surface area contributed by atoms with Crippen molar-refractivity contribution in [3.05, 3.63) is 310 Å². The molecule has 6 heterocycles. The highest BCUT2D eigenvalue weighted by atomic mass is 16.3. The molecule has 98 heavy (non-hydrogen) atoms. The summed E-state index contributed by atoms with van der Waals surface area (Å²) in [5.74, 6) is 0. The van der Waals surface area contributed by atoms with Crippen LogP contribution in [-0.2, 0) is 10.8 Å². The molecule has 0 fully saturated rings. The van der Waals surface area contributed by atoms with Crippen LogP contribution < -0.4 is 11.1 Å². The number of furan rings is 2. The van der Waals surface area contributed by atoms with E-state index in [1.807, 2.05) is 57.3 Å². The Hall–Kier alpha value is -12.4. The second-order valence-corrected chi connectivity index (χ2v) is 28.5. The van der Waals surface area contributed by atoms with Crippen LogP contribution in [0.1, 0.15) is 49.9 Å². The van der Waals surface area contributed by atoms with Crippen molar-refractivity contribution in [3.8, 4) is 77.9 Å². The molecule has 2 aliphatic rings. The van der Waals surface area contributed by atoms with E-state index in [0.29, 0.717) is 10.8 Å². The molecular formula is C92H56N2O4. The summed E-state index contributed by atoms with van der Waals surface area (Å²) in [6, 6.07) is 95.7. The van der Waals surface area contributed by atoms with Gasteiger partial charge in [-0.05, 0) is 203 Å². The van der Waals surface area contributed by atoms with Gasteiger partial charge >= 0.3 is 0 Å². The molecule has 0 saturated carbocycles. The van der Waals surface area contributed by atoms with Crippen molar-refractivity contribution in [1.29, 1.82) is 0 Å². The molecule has 0 bridgehead atoms. The molecule has 0 amide bonds. The Morgan fingerprint density at radius 3 is 1.28 bits per heavy atom. The summed E-state index contributed by atoms with van der Waals surface area (Å²) < 4.78 is 17.6. The van der Waals surface area contributed by atoms with E-state index >= 15 is 4.79 Å². The normalized spacial score (nSPS) is 14.0. The molecule has 6 nitrogen and oxygen atoms in total. The fraction of sp³-hybridized carbons (Fsp3) is 0.0652. The van der Waals surface area contributed by atoms with Gasteiger partial charge in [0, 0.05) is 86.6 Å². The summed E-state index contributed by atoms with van der Waals surface area (Å²) in [5.41, 5.74) is 27.0. The Balaban J connectivity index is 0.778. The fourth-order valence-corrected chi connectivity index (χ4v) is 18.0. The highest BCUT2D eigenvalue weighted by Crippen LogP contribution is 2.53. The van der Waals surface area contributed by atoms with Gasteiger partial charge in [-0.25, -0.2) is 0 Å². The first-order valence-electron chi connectivity index (χ1n) is 33.9. The molecule has 0 N–H and O–H groups in total. The van der Waals surface area contributed by atoms with Crippen LogP contribution in [0.3, 0.4) is 0 Å².